The second-order valence-electron chi connectivity index (χ2n) is 8.16. The molecule has 0 aromatic heterocycles. The van der Waals surface area contributed by atoms with Crippen molar-refractivity contribution in [3.63, 3.8) is 0 Å². The van der Waals surface area contributed by atoms with E-state index in [9.17, 15) is 17.2 Å². The zero-order valence-corrected chi connectivity index (χ0v) is 21.0. The second-order valence-corrected chi connectivity index (χ2v) is 10.9. The van der Waals surface area contributed by atoms with Gasteiger partial charge in [0.15, 0.2) is 11.6 Å². The van der Waals surface area contributed by atoms with E-state index < -0.39 is 27.8 Å². The van der Waals surface area contributed by atoms with E-state index in [4.69, 9.17) is 27.9 Å². The van der Waals surface area contributed by atoms with Gasteiger partial charge in [-0.2, -0.15) is 4.31 Å². The Morgan fingerprint density at radius 2 is 1.57 bits per heavy atom. The van der Waals surface area contributed by atoms with Gasteiger partial charge in [0.2, 0.25) is 10.0 Å². The summed E-state index contributed by atoms with van der Waals surface area (Å²) < 4.78 is 60.8. The molecule has 0 bridgehead atoms. The fraction of sp³-hybridized carbons (Fsp3) is 0.280. The van der Waals surface area contributed by atoms with E-state index in [1.807, 2.05) is 30.3 Å². The Hall–Kier alpha value is -2.07. The average molecular weight is 541 g/mol. The molecule has 1 aliphatic rings. The number of sulfonamides is 1. The van der Waals surface area contributed by atoms with Gasteiger partial charge in [0.25, 0.3) is 0 Å². The van der Waals surface area contributed by atoms with Crippen molar-refractivity contribution >= 4 is 33.2 Å². The van der Waals surface area contributed by atoms with Crippen molar-refractivity contribution in [2.75, 3.05) is 39.3 Å². The molecule has 3 aromatic rings. The molecular formula is C25H24Cl2F2N2O3S. The molecule has 5 nitrogen and oxygen atoms in total. The first kappa shape index (κ1) is 26.0. The number of nitrogens with zero attached hydrogens (tertiary/aromatic N) is 2. The Morgan fingerprint density at radius 3 is 2.23 bits per heavy atom. The fourth-order valence-corrected chi connectivity index (χ4v) is 6.17. The lowest BCUT2D eigenvalue weighted by molar-refractivity contribution is 0.0525. The largest absolute Gasteiger partial charge is 0.367 e. The van der Waals surface area contributed by atoms with Crippen molar-refractivity contribution < 1.29 is 21.9 Å². The van der Waals surface area contributed by atoms with Gasteiger partial charge >= 0.3 is 0 Å². The van der Waals surface area contributed by atoms with Crippen LogP contribution in [0.5, 0.6) is 0 Å². The third-order valence-corrected chi connectivity index (χ3v) is 8.50. The third kappa shape index (κ3) is 6.20. The molecule has 0 unspecified atom stereocenters. The molecule has 3 aromatic carbocycles. The highest BCUT2D eigenvalue weighted by molar-refractivity contribution is 7.89. The maximum absolute atomic E-state index is 13.9. The van der Waals surface area contributed by atoms with Crippen molar-refractivity contribution in [1.82, 2.24) is 9.21 Å². The van der Waals surface area contributed by atoms with Gasteiger partial charge in [-0.05, 0) is 41.5 Å². The molecule has 0 aliphatic carbocycles. The molecule has 10 heteroatoms. The van der Waals surface area contributed by atoms with Crippen LogP contribution < -0.4 is 0 Å². The molecule has 0 N–H and O–H groups in total. The monoisotopic (exact) mass is 540 g/mol. The molecule has 1 fully saturated rings. The summed E-state index contributed by atoms with van der Waals surface area (Å²) in [6.45, 7) is 2.56. The minimum atomic E-state index is -3.73. The molecule has 1 atom stereocenters. The first-order chi connectivity index (χ1) is 16.8. The Balaban J connectivity index is 1.36. The Bertz CT molecular complexity index is 1270. The van der Waals surface area contributed by atoms with E-state index in [2.05, 4.69) is 4.90 Å². The molecule has 1 heterocycles. The summed E-state index contributed by atoms with van der Waals surface area (Å²) in [5.41, 5.74) is 1.35. The van der Waals surface area contributed by atoms with Gasteiger partial charge in [0.1, 0.15) is 11.0 Å². The SMILES string of the molecule is O=S(=O)(c1ccc(Cl)cc1Cl)N1CCN(CCO[C@H](c2ccccc2)c2ccc(F)c(F)c2)CC1. The molecule has 4 rings (SSSR count). The van der Waals surface area contributed by atoms with Gasteiger partial charge in [0, 0.05) is 37.7 Å². The highest BCUT2D eigenvalue weighted by Crippen LogP contribution is 2.29. The molecule has 0 amide bonds. The highest BCUT2D eigenvalue weighted by atomic mass is 35.5. The summed E-state index contributed by atoms with van der Waals surface area (Å²) in [5, 5.41) is 0.466. The van der Waals surface area contributed by atoms with Crippen LogP contribution in [0.4, 0.5) is 8.78 Å². The number of rotatable bonds is 8. The highest BCUT2D eigenvalue weighted by Gasteiger charge is 2.30. The van der Waals surface area contributed by atoms with Gasteiger partial charge in [-0.15, -0.1) is 0 Å². The van der Waals surface area contributed by atoms with Crippen molar-refractivity contribution in [3.05, 3.63) is 99.5 Å². The second kappa shape index (κ2) is 11.3. The van der Waals surface area contributed by atoms with E-state index >= 15 is 0 Å². The van der Waals surface area contributed by atoms with Gasteiger partial charge in [0.05, 0.1) is 11.6 Å². The van der Waals surface area contributed by atoms with E-state index in [0.29, 0.717) is 49.9 Å². The lowest BCUT2D eigenvalue weighted by atomic mass is 10.0. The van der Waals surface area contributed by atoms with Crippen molar-refractivity contribution in [1.29, 1.82) is 0 Å². The fourth-order valence-electron chi connectivity index (χ4n) is 4.00. The predicted molar refractivity (Wildman–Crippen MR) is 132 cm³/mol. The molecule has 0 spiro atoms. The summed E-state index contributed by atoms with van der Waals surface area (Å²) in [6.07, 6.45) is -0.556. The molecule has 1 aliphatic heterocycles. The van der Waals surface area contributed by atoms with Crippen molar-refractivity contribution in [3.8, 4) is 0 Å². The van der Waals surface area contributed by atoms with E-state index in [0.717, 1.165) is 17.7 Å². The van der Waals surface area contributed by atoms with Crippen LogP contribution in [0.1, 0.15) is 17.2 Å². The van der Waals surface area contributed by atoms with Gasteiger partial charge in [-0.1, -0.05) is 59.6 Å². The predicted octanol–water partition coefficient (Wildman–Crippen LogP) is 5.38. The van der Waals surface area contributed by atoms with E-state index in [-0.39, 0.29) is 9.92 Å². The minimum Gasteiger partial charge on any atom is -0.367 e. The molecule has 1 saturated heterocycles. The van der Waals surface area contributed by atoms with Crippen LogP contribution in [0.25, 0.3) is 0 Å². The number of benzene rings is 3. The van der Waals surface area contributed by atoms with Crippen LogP contribution in [0.2, 0.25) is 10.0 Å². The lowest BCUT2D eigenvalue weighted by Crippen LogP contribution is -2.49. The summed E-state index contributed by atoms with van der Waals surface area (Å²) in [5.74, 6) is -1.83. The minimum absolute atomic E-state index is 0.0394. The standard InChI is InChI=1S/C25H24Cl2F2N2O3S/c26-20-7-9-24(21(27)17-20)35(32,33)31-12-10-30(11-13-31)14-15-34-25(18-4-2-1-3-5-18)19-6-8-22(28)23(29)16-19/h1-9,16-17,25H,10-15H2/t25-/m1/s1. The zero-order valence-electron chi connectivity index (χ0n) is 18.7. The number of halogens is 4. The Labute approximate surface area is 213 Å². The first-order valence-corrected chi connectivity index (χ1v) is 13.2. The van der Waals surface area contributed by atoms with Crippen LogP contribution in [0.15, 0.2) is 71.6 Å². The Morgan fingerprint density at radius 1 is 0.857 bits per heavy atom. The number of ether oxygens (including phenoxy) is 1. The van der Waals surface area contributed by atoms with Gasteiger partial charge < -0.3 is 4.74 Å². The van der Waals surface area contributed by atoms with Crippen LogP contribution in [-0.4, -0.2) is 57.0 Å². The number of hydrogen-bond donors (Lipinski definition) is 0. The molecular weight excluding hydrogens is 517 g/mol. The summed E-state index contributed by atoms with van der Waals surface area (Å²) in [6, 6.07) is 17.4. The number of hydrogen-bond acceptors (Lipinski definition) is 4. The number of piperazine rings is 1. The lowest BCUT2D eigenvalue weighted by Gasteiger charge is -2.34. The average Bonchev–Trinajstić information content (AvgIpc) is 2.84. The van der Waals surface area contributed by atoms with Crippen LogP contribution >= 0.6 is 23.2 Å². The Kier molecular flexibility index (Phi) is 8.42. The normalized spacial score (nSPS) is 16.3. The third-order valence-electron chi connectivity index (χ3n) is 5.88. The molecule has 186 valence electrons. The molecule has 0 radical (unpaired) electrons. The van der Waals surface area contributed by atoms with E-state index in [1.165, 1.54) is 28.6 Å². The quantitative estimate of drug-likeness (QED) is 0.384. The van der Waals surface area contributed by atoms with Crippen molar-refractivity contribution in [2.24, 2.45) is 0 Å². The summed E-state index contributed by atoms with van der Waals surface area (Å²) in [7, 11) is -3.73. The van der Waals surface area contributed by atoms with Gasteiger partial charge in [-0.25, -0.2) is 17.2 Å². The van der Waals surface area contributed by atoms with Crippen molar-refractivity contribution in [2.45, 2.75) is 11.0 Å². The first-order valence-electron chi connectivity index (χ1n) is 11.0. The summed E-state index contributed by atoms with van der Waals surface area (Å²) in [4.78, 5) is 2.14. The molecule has 35 heavy (non-hydrogen) atoms. The molecule has 0 saturated carbocycles. The summed E-state index contributed by atoms with van der Waals surface area (Å²) >= 11 is 12.0. The smallest absolute Gasteiger partial charge is 0.244 e. The van der Waals surface area contributed by atoms with E-state index in [1.54, 1.807) is 0 Å². The zero-order chi connectivity index (χ0) is 25.0. The van der Waals surface area contributed by atoms with Crippen LogP contribution in [0, 0.1) is 11.6 Å². The van der Waals surface area contributed by atoms with Crippen LogP contribution in [-0.2, 0) is 14.8 Å². The topological polar surface area (TPSA) is 49.9 Å². The maximum Gasteiger partial charge on any atom is 0.244 e. The maximum atomic E-state index is 13.9. The van der Waals surface area contributed by atoms with Gasteiger partial charge in [-0.3, -0.25) is 4.90 Å². The van der Waals surface area contributed by atoms with Crippen LogP contribution in [0.3, 0.4) is 0 Å².